The first kappa shape index (κ1) is 40.3. The molecule has 58 heavy (non-hydrogen) atoms. The Morgan fingerprint density at radius 3 is 2.33 bits per heavy atom. The third kappa shape index (κ3) is 7.73. The average molecular weight is 779 g/mol. The number of anilines is 2. The molecule has 4 aliphatic rings. The van der Waals surface area contributed by atoms with Gasteiger partial charge in [-0.3, -0.25) is 19.9 Å². The first-order valence-corrected chi connectivity index (χ1v) is 20.8. The molecule has 1 unspecified atom stereocenters. The summed E-state index contributed by atoms with van der Waals surface area (Å²) in [5, 5.41) is 32.0. The van der Waals surface area contributed by atoms with E-state index in [0.717, 1.165) is 80.0 Å². The minimum absolute atomic E-state index is 0.0474. The highest BCUT2D eigenvalue weighted by Gasteiger charge is 2.39. The molecule has 0 radical (unpaired) electrons. The number of likely N-dealkylation sites (tertiary alicyclic amines) is 1. The van der Waals surface area contributed by atoms with Crippen molar-refractivity contribution in [2.24, 2.45) is 0 Å². The van der Waals surface area contributed by atoms with Crippen molar-refractivity contribution in [2.45, 2.75) is 89.1 Å². The zero-order valence-corrected chi connectivity index (χ0v) is 33.7. The van der Waals surface area contributed by atoms with Crippen LogP contribution in [0.4, 0.5) is 11.4 Å². The fourth-order valence-corrected chi connectivity index (χ4v) is 9.45. The summed E-state index contributed by atoms with van der Waals surface area (Å²) in [6.07, 6.45) is 13.2. The van der Waals surface area contributed by atoms with Crippen LogP contribution < -0.4 is 15.1 Å². The maximum atomic E-state index is 13.7. The zero-order valence-electron chi connectivity index (χ0n) is 33.7. The van der Waals surface area contributed by atoms with Gasteiger partial charge in [0.15, 0.2) is 0 Å². The second-order valence-electron chi connectivity index (χ2n) is 15.4. The largest absolute Gasteiger partial charge is 0.507 e. The van der Waals surface area contributed by atoms with Crippen LogP contribution in [0.5, 0.6) is 5.75 Å². The Bertz CT molecular complexity index is 2260. The monoisotopic (exact) mass is 778 g/mol. The molecule has 10 heteroatoms. The highest BCUT2D eigenvalue weighted by molar-refractivity contribution is 6.27. The molecule has 1 saturated carbocycles. The quantitative estimate of drug-likeness (QED) is 0.0886. The molecule has 8 rings (SSSR count). The van der Waals surface area contributed by atoms with E-state index in [9.17, 15) is 19.5 Å². The lowest BCUT2D eigenvalue weighted by atomic mass is 9.78. The summed E-state index contributed by atoms with van der Waals surface area (Å²) in [6.45, 7) is 6.15. The van der Waals surface area contributed by atoms with Gasteiger partial charge in [-0.1, -0.05) is 56.3 Å². The summed E-state index contributed by atoms with van der Waals surface area (Å²) in [7, 11) is 1.56. The third-order valence-corrected chi connectivity index (χ3v) is 12.4. The normalized spacial score (nSPS) is 20.6. The van der Waals surface area contributed by atoms with Crippen LogP contribution in [0.25, 0.3) is 10.8 Å². The molecule has 1 atom stereocenters. The van der Waals surface area contributed by atoms with Gasteiger partial charge in [-0.15, -0.1) is 0 Å². The molecule has 3 heterocycles. The van der Waals surface area contributed by atoms with E-state index in [1.165, 1.54) is 11.1 Å². The first-order valence-electron chi connectivity index (χ1n) is 20.8. The van der Waals surface area contributed by atoms with Gasteiger partial charge in [-0.2, -0.15) is 0 Å². The van der Waals surface area contributed by atoms with Gasteiger partial charge in [-0.25, -0.2) is 0 Å². The lowest BCUT2D eigenvalue weighted by Crippen LogP contribution is -2.47. The Morgan fingerprint density at radius 1 is 0.914 bits per heavy atom. The number of para-hydroxylation sites is 1. The minimum atomic E-state index is -0.738. The standard InChI is InChI=1S/C46H48N6O4.C2H6/c1-49-45(55)41(9-5-27-53)52-40-20-19-34(35-7-4-8-37(44(35)40)46(52)56)31-13-15-32(16-14-31)50-24-21-30(22-25-50)29-11-17-33(18-12-29)51-26-23-38(47)42(51)28-39(48)36-6-2-3-10-43(36)54;1-2/h2-4,6-8,10-12,17-20,23,26-28,30-32,41,47-48,54H,5,9,13-16,21-22,24-25H2,1H3,(H,49,55);1-2H3/b42-28+,47-38?,48-39?;. The van der Waals surface area contributed by atoms with E-state index in [-0.39, 0.29) is 36.1 Å². The Labute approximate surface area is 341 Å². The predicted molar refractivity (Wildman–Crippen MR) is 233 cm³/mol. The molecule has 2 fully saturated rings. The molecular formula is C48H54N6O4. The molecule has 4 aromatic carbocycles. The number of nitrogens with zero attached hydrogens (tertiary/aromatic N) is 3. The van der Waals surface area contributed by atoms with Gasteiger partial charge >= 0.3 is 0 Å². The maximum Gasteiger partial charge on any atom is 0.259 e. The summed E-state index contributed by atoms with van der Waals surface area (Å²) in [5.74, 6) is 0.496. The smallest absolute Gasteiger partial charge is 0.259 e. The van der Waals surface area contributed by atoms with Gasteiger partial charge in [0.25, 0.3) is 5.91 Å². The highest BCUT2D eigenvalue weighted by Crippen LogP contribution is 2.45. The number of phenols is 1. The number of carbonyl (C=O) groups is 3. The number of aromatic hydroxyl groups is 1. The number of likely N-dealkylation sites (N-methyl/N-ethyl adjacent to an activating group) is 1. The van der Waals surface area contributed by atoms with E-state index in [4.69, 9.17) is 10.8 Å². The fraction of sp³-hybridized carbons (Fsp3) is 0.354. The molecule has 1 aliphatic carbocycles. The number of hydrogen-bond donors (Lipinski definition) is 4. The van der Waals surface area contributed by atoms with Crippen LogP contribution in [0.15, 0.2) is 103 Å². The molecule has 0 spiro atoms. The topological polar surface area (TPSA) is 141 Å². The number of allylic oxidation sites excluding steroid dienone is 2. The van der Waals surface area contributed by atoms with Gasteiger partial charge in [0.1, 0.15) is 18.1 Å². The van der Waals surface area contributed by atoms with Crippen LogP contribution >= 0.6 is 0 Å². The van der Waals surface area contributed by atoms with Gasteiger partial charge < -0.3 is 30.4 Å². The summed E-state index contributed by atoms with van der Waals surface area (Å²) >= 11 is 0. The van der Waals surface area contributed by atoms with Crippen molar-refractivity contribution in [3.63, 3.8) is 0 Å². The number of hydrogen-bond acceptors (Lipinski definition) is 8. The lowest BCUT2D eigenvalue weighted by molar-refractivity contribution is -0.122. The third-order valence-electron chi connectivity index (χ3n) is 12.4. The molecule has 1 saturated heterocycles. The number of benzene rings is 4. The van der Waals surface area contributed by atoms with Crippen LogP contribution in [-0.4, -0.2) is 71.8 Å². The number of rotatable bonds is 11. The minimum Gasteiger partial charge on any atom is -0.507 e. The first-order chi connectivity index (χ1) is 28.3. The van der Waals surface area contributed by atoms with E-state index < -0.39 is 6.04 Å². The molecule has 3 aliphatic heterocycles. The SMILES string of the molecule is CC.CNC(=O)C(CCC=O)N1C(=O)c2cccc3c(C4CCC(N5CCC(c6ccc(N7C=CC(=N)/C7=C\C(=N)c7ccccc7O)cc6)CC5)CC4)ccc1c23. The molecule has 4 N–H and O–H groups in total. The number of phenolic OH excluding ortho intramolecular Hbond substituents is 1. The Kier molecular flexibility index (Phi) is 12.3. The molecule has 0 bridgehead atoms. The van der Waals surface area contributed by atoms with E-state index >= 15 is 0 Å². The Morgan fingerprint density at radius 2 is 1.64 bits per heavy atom. The van der Waals surface area contributed by atoms with Crippen LogP contribution in [0.3, 0.4) is 0 Å². The number of nitrogens with one attached hydrogen (secondary N) is 3. The maximum absolute atomic E-state index is 13.7. The van der Waals surface area contributed by atoms with Crippen LogP contribution in [-0.2, 0) is 9.59 Å². The summed E-state index contributed by atoms with van der Waals surface area (Å²) in [4.78, 5) is 44.0. The summed E-state index contributed by atoms with van der Waals surface area (Å²) in [5.41, 5.74) is 6.44. The van der Waals surface area contributed by atoms with Crippen LogP contribution in [0.2, 0.25) is 0 Å². The number of carbonyl (C=O) groups excluding carboxylic acids is 3. The van der Waals surface area contributed by atoms with E-state index in [1.807, 2.05) is 43.1 Å². The van der Waals surface area contributed by atoms with Gasteiger partial charge in [0.05, 0.1) is 22.8 Å². The van der Waals surface area contributed by atoms with Gasteiger partial charge in [0.2, 0.25) is 5.91 Å². The zero-order chi connectivity index (χ0) is 40.9. The van der Waals surface area contributed by atoms with Crippen molar-refractivity contribution in [2.75, 3.05) is 29.9 Å². The summed E-state index contributed by atoms with van der Waals surface area (Å²) in [6, 6.07) is 25.3. The lowest BCUT2D eigenvalue weighted by Gasteiger charge is -2.41. The van der Waals surface area contributed by atoms with E-state index in [1.54, 1.807) is 48.4 Å². The van der Waals surface area contributed by atoms with Crippen molar-refractivity contribution < 1.29 is 19.5 Å². The molecule has 0 aromatic heterocycles. The number of amides is 2. The highest BCUT2D eigenvalue weighted by atomic mass is 16.3. The van der Waals surface area contributed by atoms with Crippen LogP contribution in [0, 0.1) is 10.8 Å². The molecule has 4 aromatic rings. The predicted octanol–water partition coefficient (Wildman–Crippen LogP) is 8.84. The second-order valence-corrected chi connectivity index (χ2v) is 15.4. The fourth-order valence-electron chi connectivity index (χ4n) is 9.45. The van der Waals surface area contributed by atoms with Crippen molar-refractivity contribution >= 4 is 51.7 Å². The molecule has 10 nitrogen and oxygen atoms in total. The number of aldehydes is 1. The Balaban J connectivity index is 0.00000252. The Hall–Kier alpha value is -5.87. The van der Waals surface area contributed by atoms with Crippen molar-refractivity contribution in [1.29, 1.82) is 10.8 Å². The van der Waals surface area contributed by atoms with Gasteiger partial charge in [0, 0.05) is 47.9 Å². The summed E-state index contributed by atoms with van der Waals surface area (Å²) < 4.78 is 0. The average Bonchev–Trinajstić information content (AvgIpc) is 3.77. The molecule has 2 amide bonds. The molecular weight excluding hydrogens is 725 g/mol. The van der Waals surface area contributed by atoms with Crippen molar-refractivity contribution in [3.05, 3.63) is 125 Å². The second kappa shape index (κ2) is 17.7. The van der Waals surface area contributed by atoms with Gasteiger partial charge in [-0.05, 0) is 135 Å². The van der Waals surface area contributed by atoms with Crippen LogP contribution in [0.1, 0.15) is 104 Å². The van der Waals surface area contributed by atoms with E-state index in [2.05, 4.69) is 46.6 Å². The number of piperidine rings is 1. The molecule has 300 valence electrons. The van der Waals surface area contributed by atoms with Crippen molar-refractivity contribution in [1.82, 2.24) is 10.2 Å². The van der Waals surface area contributed by atoms with Crippen molar-refractivity contribution in [3.8, 4) is 5.75 Å². The van der Waals surface area contributed by atoms with E-state index in [0.29, 0.717) is 40.4 Å².